The van der Waals surface area contributed by atoms with Crippen molar-refractivity contribution in [3.8, 4) is 0 Å². The fourth-order valence-electron chi connectivity index (χ4n) is 15.4. The predicted octanol–water partition coefficient (Wildman–Crippen LogP) is 6.38. The Balaban J connectivity index is 0.867. The highest BCUT2D eigenvalue weighted by molar-refractivity contribution is 7.96. The molecule has 13 rings (SSSR count). The highest BCUT2D eigenvalue weighted by Crippen LogP contribution is 2.66. The van der Waals surface area contributed by atoms with E-state index in [1.807, 2.05) is 0 Å². The number of hydrogen-bond donors (Lipinski definition) is 0. The molecule has 1 aliphatic heterocycles. The lowest BCUT2D eigenvalue weighted by atomic mass is 9.48. The summed E-state index contributed by atoms with van der Waals surface area (Å²) in [7, 11) is 0. The topological polar surface area (TPSA) is 130 Å². The van der Waals surface area contributed by atoms with E-state index in [0.29, 0.717) is 73.4 Å². The Morgan fingerprint density at radius 2 is 1.19 bits per heavy atom. The molecule has 0 N–H and O–H groups in total. The van der Waals surface area contributed by atoms with Crippen LogP contribution in [0.2, 0.25) is 0 Å². The van der Waals surface area contributed by atoms with E-state index in [9.17, 15) is 28.4 Å². The van der Waals surface area contributed by atoms with Gasteiger partial charge in [0.25, 0.3) is 0 Å². The Morgan fingerprint density at radius 1 is 0.692 bits per heavy atom. The van der Waals surface area contributed by atoms with E-state index in [1.165, 1.54) is 38.5 Å². The maximum atomic E-state index is 14.5. The molecule has 10 nitrogen and oxygen atoms in total. The summed E-state index contributed by atoms with van der Waals surface area (Å²) < 4.78 is 58.6. The lowest BCUT2D eigenvalue weighted by molar-refractivity contribution is -0.777. The smallest absolute Gasteiger partial charge is 0.415 e. The zero-order valence-corrected chi connectivity index (χ0v) is 30.6. The molecule has 13 fully saturated rings. The van der Waals surface area contributed by atoms with E-state index >= 15 is 0 Å². The van der Waals surface area contributed by atoms with E-state index in [1.54, 1.807) is 0 Å². The van der Waals surface area contributed by atoms with Gasteiger partial charge in [-0.15, -0.1) is 0 Å². The lowest BCUT2D eigenvalue weighted by Crippen LogP contribution is -2.65. The minimum absolute atomic E-state index is 0.0623. The molecule has 4 unspecified atom stereocenters. The van der Waals surface area contributed by atoms with Crippen molar-refractivity contribution < 1.29 is 56.7 Å². The number of hydrogen-bond acceptors (Lipinski definition) is 11. The van der Waals surface area contributed by atoms with Crippen molar-refractivity contribution in [1.82, 2.24) is 0 Å². The predicted molar refractivity (Wildman–Crippen MR) is 176 cm³/mol. The second-order valence-electron chi connectivity index (χ2n) is 19.6. The van der Waals surface area contributed by atoms with Gasteiger partial charge < -0.3 is 24.2 Å². The first kappa shape index (κ1) is 35.1. The third-order valence-corrected chi connectivity index (χ3v) is 16.7. The van der Waals surface area contributed by atoms with Crippen LogP contribution in [0, 0.1) is 64.1 Å². The number of carbonyl (C=O) groups is 3. The maximum absolute atomic E-state index is 14.5. The summed E-state index contributed by atoms with van der Waals surface area (Å²) in [4.78, 5) is 40.8. The van der Waals surface area contributed by atoms with Gasteiger partial charge in [-0.3, -0.25) is 14.6 Å². The quantitative estimate of drug-likeness (QED) is 0.0955. The van der Waals surface area contributed by atoms with E-state index in [0.717, 1.165) is 51.4 Å². The first-order chi connectivity index (χ1) is 24.9. The Morgan fingerprint density at radius 3 is 1.73 bits per heavy atom. The summed E-state index contributed by atoms with van der Waals surface area (Å²) in [5.74, 6) is 0.969. The average molecular weight is 750 g/mol. The van der Waals surface area contributed by atoms with Crippen LogP contribution in [0.25, 0.3) is 0 Å². The molecule has 0 radical (unpaired) electrons. The van der Waals surface area contributed by atoms with Gasteiger partial charge in [-0.05, 0) is 157 Å². The first-order valence-electron chi connectivity index (χ1n) is 20.2. The SMILES string of the molecule is O=C(CCC1OC2(OC1COC(=O)C13CC4CC(CC(C4)C1)C3)C1CC3CC2CC(OC(=O)C(F)(F)SOO[O-])(C3)C1)C12CC3CC(CC(C3)C1)C2. The van der Waals surface area contributed by atoms with Crippen molar-refractivity contribution in [2.75, 3.05) is 6.61 Å². The second kappa shape index (κ2) is 12.3. The second-order valence-corrected chi connectivity index (χ2v) is 20.5. The zero-order chi connectivity index (χ0) is 35.7. The summed E-state index contributed by atoms with van der Waals surface area (Å²) in [5, 5.41) is 9.07. The van der Waals surface area contributed by atoms with E-state index in [-0.39, 0.29) is 35.7 Å². The average Bonchev–Trinajstić information content (AvgIpc) is 3.45. The van der Waals surface area contributed by atoms with Crippen molar-refractivity contribution in [2.24, 2.45) is 64.1 Å². The molecule has 0 aromatic rings. The summed E-state index contributed by atoms with van der Waals surface area (Å²) in [5.41, 5.74) is -1.72. The molecule has 0 aromatic heterocycles. The van der Waals surface area contributed by atoms with Crippen molar-refractivity contribution in [3.63, 3.8) is 0 Å². The number of halogens is 2. The van der Waals surface area contributed by atoms with Crippen LogP contribution >= 0.6 is 12.0 Å². The number of ketones is 1. The monoisotopic (exact) mass is 749 g/mol. The summed E-state index contributed by atoms with van der Waals surface area (Å²) in [6.45, 7) is 0.0623. The van der Waals surface area contributed by atoms with E-state index < -0.39 is 52.3 Å². The fourth-order valence-corrected chi connectivity index (χ4v) is 15.6. The first-order valence-corrected chi connectivity index (χ1v) is 20.9. The summed E-state index contributed by atoms with van der Waals surface area (Å²) >= 11 is -0.675. The van der Waals surface area contributed by atoms with Crippen LogP contribution in [0.5, 0.6) is 0 Å². The molecule has 1 spiro atoms. The molecule has 52 heavy (non-hydrogen) atoms. The van der Waals surface area contributed by atoms with Crippen LogP contribution in [0.4, 0.5) is 8.78 Å². The number of alkyl halides is 2. The Labute approximate surface area is 307 Å². The molecular formula is C39H51F2O10S-. The molecule has 0 amide bonds. The van der Waals surface area contributed by atoms with Crippen molar-refractivity contribution in [1.29, 1.82) is 0 Å². The molecule has 12 bridgehead atoms. The number of esters is 2. The van der Waals surface area contributed by atoms with Gasteiger partial charge in [0.05, 0.1) is 11.5 Å². The van der Waals surface area contributed by atoms with Gasteiger partial charge in [-0.2, -0.15) is 13.1 Å². The third kappa shape index (κ3) is 5.66. The van der Waals surface area contributed by atoms with Gasteiger partial charge in [-0.1, -0.05) is 0 Å². The number of ether oxygens (including phenoxy) is 4. The van der Waals surface area contributed by atoms with Crippen molar-refractivity contribution >= 4 is 29.8 Å². The normalized spacial score (nSPS) is 50.3. The Hall–Kier alpha value is -1.38. The molecule has 13 heteroatoms. The lowest BCUT2D eigenvalue weighted by Gasteiger charge is -2.62. The molecule has 12 aliphatic carbocycles. The van der Waals surface area contributed by atoms with Gasteiger partial charge in [-0.25, -0.2) is 4.79 Å². The largest absolute Gasteiger partial charge is 0.691 e. The molecule has 4 atom stereocenters. The van der Waals surface area contributed by atoms with E-state index in [2.05, 4.69) is 9.37 Å². The van der Waals surface area contributed by atoms with Crippen LogP contribution in [0.15, 0.2) is 0 Å². The van der Waals surface area contributed by atoms with Gasteiger partial charge in [0, 0.05) is 23.7 Å². The Bertz CT molecular complexity index is 1330. The van der Waals surface area contributed by atoms with Crippen LogP contribution in [0.3, 0.4) is 0 Å². The standard InChI is InChI=1S/C39H52F2O10S/c40-39(41,52-51-50-45)34(44)49-37-17-27-9-28(18-37)38(29(10-27)19-37)47-30(1-2-32(42)35-11-21-3-22(12-35)5-23(4-21)13-35)31(48-38)20-46-33(43)36-14-24-6-25(15-36)8-26(7-24)16-36/h21-31,45H,1-20H2/p-1. The minimum atomic E-state index is -4.12. The molecule has 0 aromatic carbocycles. The van der Waals surface area contributed by atoms with Gasteiger partial charge >= 0.3 is 17.2 Å². The molecular weight excluding hydrogens is 698 g/mol. The highest BCUT2D eigenvalue weighted by atomic mass is 32.2. The van der Waals surface area contributed by atoms with Crippen molar-refractivity contribution in [3.05, 3.63) is 0 Å². The number of rotatable bonds is 12. The van der Waals surface area contributed by atoms with Crippen LogP contribution < -0.4 is 5.26 Å². The Kier molecular flexibility index (Phi) is 8.30. The summed E-state index contributed by atoms with van der Waals surface area (Å²) in [6, 6.07) is 0. The minimum Gasteiger partial charge on any atom is -0.691 e. The van der Waals surface area contributed by atoms with Crippen molar-refractivity contribution in [2.45, 2.75) is 151 Å². The van der Waals surface area contributed by atoms with E-state index in [4.69, 9.17) is 18.9 Å². The fraction of sp³-hybridized carbons (Fsp3) is 0.923. The van der Waals surface area contributed by atoms with Gasteiger partial charge in [0.15, 0.2) is 5.79 Å². The van der Waals surface area contributed by atoms with Crippen LogP contribution in [-0.2, 0) is 42.7 Å². The number of Topliss-reactive ketones (excluding diaryl/α,β-unsaturated/α-hetero) is 1. The molecule has 1 saturated heterocycles. The van der Waals surface area contributed by atoms with Gasteiger partial charge in [0.1, 0.15) is 36.1 Å². The third-order valence-electron chi connectivity index (χ3n) is 16.2. The molecule has 13 aliphatic rings. The van der Waals surface area contributed by atoms with Gasteiger partial charge in [0.2, 0.25) is 0 Å². The van der Waals surface area contributed by atoms with Crippen LogP contribution in [0.1, 0.15) is 122 Å². The number of carbonyl (C=O) groups excluding carboxylic acids is 3. The highest BCUT2D eigenvalue weighted by Gasteiger charge is 2.70. The molecule has 12 saturated carbocycles. The molecule has 288 valence electrons. The zero-order valence-electron chi connectivity index (χ0n) is 29.7. The maximum Gasteiger partial charge on any atom is 0.415 e. The summed E-state index contributed by atoms with van der Waals surface area (Å²) in [6.07, 6.45) is 15.7. The van der Waals surface area contributed by atoms with Crippen LogP contribution in [-0.4, -0.2) is 53.2 Å². The molecule has 1 heterocycles.